The van der Waals surface area contributed by atoms with Crippen LogP contribution in [0.4, 0.5) is 0 Å². The average Bonchev–Trinajstić information content (AvgIpc) is 3.15. The minimum atomic E-state index is -0.0349. The molecule has 0 spiro atoms. The van der Waals surface area contributed by atoms with E-state index in [0.29, 0.717) is 0 Å². The Morgan fingerprint density at radius 1 is 0.209 bits per heavy atom. The molecule has 0 N–H and O–H groups in total. The monoisotopic (exact) mass is 905 g/mol. The van der Waals surface area contributed by atoms with E-state index in [1.54, 1.807) is 0 Å². The van der Waals surface area contributed by atoms with Crippen LogP contribution in [0.2, 0.25) is 0 Å². The highest BCUT2D eigenvalue weighted by Crippen LogP contribution is 2.52. The van der Waals surface area contributed by atoms with Gasteiger partial charge in [0.2, 0.25) is 0 Å². The zero-order valence-electron chi connectivity index (χ0n) is 47.9. The van der Waals surface area contributed by atoms with Crippen molar-refractivity contribution in [2.75, 3.05) is 0 Å². The first-order chi connectivity index (χ1) is 29.6. The molecule has 0 amide bonds. The van der Waals surface area contributed by atoms with Gasteiger partial charge in [-0.15, -0.1) is 0 Å². The second-order valence-corrected chi connectivity index (χ2v) is 27.9. The maximum atomic E-state index is 2.53. The Morgan fingerprint density at radius 3 is 0.403 bits per heavy atom. The van der Waals surface area contributed by atoms with E-state index < -0.39 is 0 Å². The maximum absolute atomic E-state index is 2.53. The predicted octanol–water partition coefficient (Wildman–Crippen LogP) is 21.0. The van der Waals surface area contributed by atoms with Gasteiger partial charge in [0.25, 0.3) is 0 Å². The van der Waals surface area contributed by atoms with Crippen molar-refractivity contribution in [3.63, 3.8) is 0 Å². The van der Waals surface area contributed by atoms with Crippen LogP contribution in [-0.2, 0) is 43.3 Å². The Kier molecular flexibility index (Phi) is 16.4. The molecule has 368 valence electrons. The van der Waals surface area contributed by atoms with Crippen molar-refractivity contribution in [3.05, 3.63) is 128 Å². The summed E-state index contributed by atoms with van der Waals surface area (Å²) < 4.78 is 0. The topological polar surface area (TPSA) is 0 Å². The molecule has 0 saturated carbocycles. The molecule has 0 aliphatic rings. The summed E-state index contributed by atoms with van der Waals surface area (Å²) in [5.74, 6) is 0. The van der Waals surface area contributed by atoms with Gasteiger partial charge in [-0.05, 0) is 157 Å². The van der Waals surface area contributed by atoms with E-state index >= 15 is 0 Å². The summed E-state index contributed by atoms with van der Waals surface area (Å²) in [7, 11) is 0. The molecule has 0 heterocycles. The molecule has 0 atom stereocenters. The van der Waals surface area contributed by atoms with Gasteiger partial charge in [-0.3, -0.25) is 0 Å². The molecule has 0 fully saturated rings. The Morgan fingerprint density at radius 2 is 0.313 bits per heavy atom. The van der Waals surface area contributed by atoms with Gasteiger partial charge < -0.3 is 0 Å². The highest BCUT2D eigenvalue weighted by molar-refractivity contribution is 6.01. The highest BCUT2D eigenvalue weighted by atomic mass is 14.4. The van der Waals surface area contributed by atoms with Gasteiger partial charge in [-0.25, -0.2) is 0 Å². The third-order valence-corrected chi connectivity index (χ3v) is 13.8. The summed E-state index contributed by atoms with van der Waals surface area (Å²) in [6.07, 6.45) is 0. The first-order valence-electron chi connectivity index (χ1n) is 25.4. The van der Waals surface area contributed by atoms with Gasteiger partial charge >= 0.3 is 0 Å². The Labute approximate surface area is 415 Å². The molecular formula is C67H100. The van der Waals surface area contributed by atoms with Crippen molar-refractivity contribution in [1.82, 2.24) is 0 Å². The molecule has 67 heavy (non-hydrogen) atoms. The molecule has 0 aliphatic carbocycles. The zero-order valence-corrected chi connectivity index (χ0v) is 47.9. The number of benzene rings is 5. The molecule has 0 bridgehead atoms. The number of hydrogen-bond donors (Lipinski definition) is 0. The smallest absolute Gasteiger partial charge is 0.00666 e. The molecule has 0 unspecified atom stereocenters. The van der Waals surface area contributed by atoms with Crippen molar-refractivity contribution < 1.29 is 0 Å². The van der Waals surface area contributed by atoms with Crippen molar-refractivity contribution in [2.45, 2.75) is 245 Å². The van der Waals surface area contributed by atoms with E-state index in [-0.39, 0.29) is 50.7 Å². The van der Waals surface area contributed by atoms with E-state index in [0.717, 1.165) is 0 Å². The Bertz CT molecular complexity index is 2050. The van der Waals surface area contributed by atoms with Gasteiger partial charge in [0.1, 0.15) is 0 Å². The van der Waals surface area contributed by atoms with Gasteiger partial charge in [0.05, 0.1) is 0 Å². The molecule has 0 aromatic heterocycles. The molecule has 5 rings (SSSR count). The van der Waals surface area contributed by atoms with Crippen molar-refractivity contribution >= 4 is 0 Å². The average molecular weight is 906 g/mol. The van der Waals surface area contributed by atoms with Crippen LogP contribution in [0.15, 0.2) is 72.8 Å². The standard InChI is InChI=1S/C64H90.C2H6.CH4/c1-39-53(41-27-45(57(3,4)5)35-46(28-41)58(6,7)8)55(43-31-49(61(15,16)17)37-50(32-43)62(18,19)20)40(2)56(44-33-51(63(21,22)23)38-52(34-44)64(24,25)26)54(39)42-29-47(59(9,10)11)36-48(30-42)60(12,13)14;1-2;/h27-38H,1-26H3;1-2H3;1H4. The van der Waals surface area contributed by atoms with Crippen LogP contribution in [0.1, 0.15) is 243 Å². The van der Waals surface area contributed by atoms with Crippen LogP contribution in [0.25, 0.3) is 44.5 Å². The minimum Gasteiger partial charge on any atom is -0.0776 e. The van der Waals surface area contributed by atoms with Crippen molar-refractivity contribution in [2.24, 2.45) is 0 Å². The lowest BCUT2D eigenvalue weighted by Crippen LogP contribution is -2.18. The van der Waals surface area contributed by atoms with Crippen molar-refractivity contribution in [1.29, 1.82) is 0 Å². The first kappa shape index (κ1) is 57.4. The number of hydrogen-bond acceptors (Lipinski definition) is 0. The van der Waals surface area contributed by atoms with Gasteiger partial charge in [-0.2, -0.15) is 0 Å². The SMILES string of the molecule is C.CC.Cc1c(-c2cc(C(C)(C)C)cc(C(C)(C)C)c2)c(-c2cc(C(C)(C)C)cc(C(C)(C)C)c2)c(C)c(-c2cc(C(C)(C)C)cc(C(C)(C)C)c2)c1-c1cc(C(C)(C)C)cc(C(C)(C)C)c1. The fraction of sp³-hybridized carbons (Fsp3) is 0.552. The van der Waals surface area contributed by atoms with E-state index in [9.17, 15) is 0 Å². The minimum absolute atomic E-state index is 0. The second-order valence-electron chi connectivity index (χ2n) is 27.9. The quantitative estimate of drug-likeness (QED) is 0.169. The van der Waals surface area contributed by atoms with Gasteiger partial charge in [-0.1, -0.05) is 260 Å². The number of rotatable bonds is 4. The summed E-state index contributed by atoms with van der Waals surface area (Å²) in [5, 5.41) is 0. The third kappa shape index (κ3) is 12.9. The summed E-state index contributed by atoms with van der Waals surface area (Å²) >= 11 is 0. The van der Waals surface area contributed by atoms with Gasteiger partial charge in [0.15, 0.2) is 0 Å². The maximum Gasteiger partial charge on any atom is -0.00666 e. The summed E-state index contributed by atoms with van der Waals surface area (Å²) in [6.45, 7) is 65.8. The van der Waals surface area contributed by atoms with Gasteiger partial charge in [0, 0.05) is 0 Å². The summed E-state index contributed by atoms with van der Waals surface area (Å²) in [5.41, 5.74) is 24.0. The van der Waals surface area contributed by atoms with Crippen LogP contribution in [0.5, 0.6) is 0 Å². The van der Waals surface area contributed by atoms with E-state index in [1.165, 1.54) is 100 Å². The molecule has 5 aromatic rings. The van der Waals surface area contributed by atoms with E-state index in [4.69, 9.17) is 0 Å². The van der Waals surface area contributed by atoms with Crippen LogP contribution >= 0.6 is 0 Å². The van der Waals surface area contributed by atoms with Crippen molar-refractivity contribution in [3.8, 4) is 44.5 Å². The fourth-order valence-corrected chi connectivity index (χ4v) is 9.00. The molecule has 5 aromatic carbocycles. The highest BCUT2D eigenvalue weighted by Gasteiger charge is 2.32. The third-order valence-electron chi connectivity index (χ3n) is 13.8. The molecule has 0 saturated heterocycles. The normalized spacial score (nSPS) is 13.3. The largest absolute Gasteiger partial charge is 0.0776 e. The zero-order chi connectivity index (χ0) is 50.9. The summed E-state index contributed by atoms with van der Waals surface area (Å²) in [4.78, 5) is 0. The molecule has 0 heteroatoms. The Balaban J connectivity index is 0.00000391. The first-order valence-corrected chi connectivity index (χ1v) is 25.4. The molecular weight excluding hydrogens is 805 g/mol. The van der Waals surface area contributed by atoms with Crippen LogP contribution in [0, 0.1) is 13.8 Å². The van der Waals surface area contributed by atoms with E-state index in [1.807, 2.05) is 13.8 Å². The summed E-state index contributed by atoms with van der Waals surface area (Å²) in [6, 6.07) is 30.2. The molecule has 0 radical (unpaired) electrons. The van der Waals surface area contributed by atoms with Crippen LogP contribution in [-0.4, -0.2) is 0 Å². The Hall–Kier alpha value is -3.90. The molecule has 0 nitrogen and oxygen atoms in total. The van der Waals surface area contributed by atoms with E-state index in [2.05, 4.69) is 253 Å². The second kappa shape index (κ2) is 19.1. The lowest BCUT2D eigenvalue weighted by Gasteiger charge is -2.32. The predicted molar refractivity (Wildman–Crippen MR) is 305 cm³/mol. The van der Waals surface area contributed by atoms with Crippen LogP contribution < -0.4 is 0 Å². The lowest BCUT2D eigenvalue weighted by atomic mass is 9.72. The lowest BCUT2D eigenvalue weighted by molar-refractivity contribution is 0.568. The molecule has 0 aliphatic heterocycles. The van der Waals surface area contributed by atoms with Crippen LogP contribution in [0.3, 0.4) is 0 Å². The fourth-order valence-electron chi connectivity index (χ4n) is 9.00.